The van der Waals surface area contributed by atoms with Crippen molar-refractivity contribution in [3.63, 3.8) is 0 Å². The van der Waals surface area contributed by atoms with Gasteiger partial charge in [0.05, 0.1) is 6.61 Å². The Morgan fingerprint density at radius 3 is 1.62 bits per heavy atom. The number of phosphoric acid groups is 2. The summed E-state index contributed by atoms with van der Waals surface area (Å²) in [6, 6.07) is 0. The van der Waals surface area contributed by atoms with Crippen molar-refractivity contribution < 1.29 is 57.8 Å². The summed E-state index contributed by atoms with van der Waals surface area (Å²) in [5.74, 6) is 0. The zero-order valence-corrected chi connectivity index (χ0v) is 27.9. The molecule has 4 radical (unpaired) electrons. The Morgan fingerprint density at radius 1 is 0.792 bits per heavy atom. The normalized spacial score (nSPS) is 30.0. The summed E-state index contributed by atoms with van der Waals surface area (Å²) >= 11 is 0. The molecule has 5 atom stereocenters. The maximum Gasteiger partial charge on any atom is 0.472 e. The fourth-order valence-electron chi connectivity index (χ4n) is 1.45. The third kappa shape index (κ3) is 15.4. The van der Waals surface area contributed by atoms with Crippen molar-refractivity contribution in [1.82, 2.24) is 0 Å². The molecule has 0 unspecified atom stereocenters. The molecule has 1 rings (SSSR count). The predicted molar refractivity (Wildman–Crippen MR) is 80.8 cm³/mol. The Morgan fingerprint density at radius 2 is 1.25 bits per heavy atom. The van der Waals surface area contributed by atoms with E-state index in [4.69, 9.17) is 24.3 Å². The number of aliphatic hydroxyl groups excluding tert-OH is 3. The molecule has 12 nitrogen and oxygen atoms in total. The summed E-state index contributed by atoms with van der Waals surface area (Å²) in [6.07, 6.45) is -9.32. The van der Waals surface area contributed by atoms with Gasteiger partial charge in [0.15, 0.2) is 6.29 Å². The SMILES string of the molecule is O=P(O)(O)OC[C@H]1O[C@H](OP(=O)(O)O)[C@H](O)[C@@H](O)[C@@H]1O.[K].[K].[K].[K]. The summed E-state index contributed by atoms with van der Waals surface area (Å²) in [5.41, 5.74) is 0. The van der Waals surface area contributed by atoms with Gasteiger partial charge in [0.1, 0.15) is 24.4 Å². The molecule has 0 bridgehead atoms. The van der Waals surface area contributed by atoms with Crippen molar-refractivity contribution in [2.75, 3.05) is 6.61 Å². The van der Waals surface area contributed by atoms with Crippen LogP contribution in [0.25, 0.3) is 0 Å². The minimum Gasteiger partial charge on any atom is -0.387 e. The van der Waals surface area contributed by atoms with Crippen molar-refractivity contribution in [2.24, 2.45) is 0 Å². The quantitative estimate of drug-likeness (QED) is 0.142. The maximum atomic E-state index is 10.6. The molecule has 124 valence electrons. The molecule has 0 aromatic carbocycles. The van der Waals surface area contributed by atoms with Gasteiger partial charge in [-0.25, -0.2) is 9.13 Å². The predicted octanol–water partition coefficient (Wildman–Crippen LogP) is -4.51. The van der Waals surface area contributed by atoms with Gasteiger partial charge in [-0.3, -0.25) is 9.05 Å². The summed E-state index contributed by atoms with van der Waals surface area (Å²) in [6.45, 7) is -0.907. The van der Waals surface area contributed by atoms with Crippen LogP contribution in [0.1, 0.15) is 0 Å². The minimum atomic E-state index is -5.07. The van der Waals surface area contributed by atoms with Crippen LogP contribution in [-0.2, 0) is 22.9 Å². The molecule has 1 aliphatic heterocycles. The summed E-state index contributed by atoms with van der Waals surface area (Å²) in [7, 11) is -9.95. The molecule has 1 saturated heterocycles. The van der Waals surface area contributed by atoms with Crippen LogP contribution in [0, 0.1) is 0 Å². The Balaban J connectivity index is -0.000000500. The second kappa shape index (κ2) is 17.1. The molecule has 24 heavy (non-hydrogen) atoms. The molecule has 0 aromatic rings. The Kier molecular flexibility index (Phi) is 27.0. The minimum absolute atomic E-state index is 0. The molecule has 1 fully saturated rings. The Labute approximate surface area is 307 Å². The molecule has 0 saturated carbocycles. The van der Waals surface area contributed by atoms with Gasteiger partial charge in [-0.05, 0) is 0 Å². The fourth-order valence-corrected chi connectivity index (χ4v) is 2.23. The van der Waals surface area contributed by atoms with E-state index in [1.807, 2.05) is 0 Å². The van der Waals surface area contributed by atoms with Gasteiger partial charge in [0, 0.05) is 206 Å². The van der Waals surface area contributed by atoms with Crippen molar-refractivity contribution in [1.29, 1.82) is 0 Å². The van der Waals surface area contributed by atoms with Gasteiger partial charge in [-0.15, -0.1) is 0 Å². The van der Waals surface area contributed by atoms with E-state index in [1.165, 1.54) is 0 Å². The molecule has 1 aliphatic rings. The summed E-state index contributed by atoms with van der Waals surface area (Å²) in [4.78, 5) is 34.1. The van der Waals surface area contributed by atoms with E-state index in [9.17, 15) is 24.4 Å². The largest absolute Gasteiger partial charge is 0.472 e. The standard InChI is InChI=1S/C6H14O12P2.4K/c7-3-2(1-16-19(10,11)12)17-6(5(9)4(3)8)18-20(13,14)15;;;;/h2-9H,1H2,(H2,10,11,12)(H2,13,14,15);;;;/t2-,3-,4+,5-,6-;;;;/m1..../s1. The average Bonchev–Trinajstić information content (AvgIpc) is 2.25. The van der Waals surface area contributed by atoms with Crippen LogP contribution >= 0.6 is 15.6 Å². The third-order valence-corrected chi connectivity index (χ3v) is 3.28. The van der Waals surface area contributed by atoms with Crippen LogP contribution in [0.15, 0.2) is 0 Å². The number of phosphoric ester groups is 2. The molecular weight excluding hydrogens is 482 g/mol. The number of ether oxygens (including phenoxy) is 1. The van der Waals surface area contributed by atoms with Crippen molar-refractivity contribution in [3.05, 3.63) is 0 Å². The van der Waals surface area contributed by atoms with E-state index in [1.54, 1.807) is 0 Å². The molecule has 0 aromatic heterocycles. The Bertz CT molecular complexity index is 428. The number of rotatable bonds is 5. The first kappa shape index (κ1) is 37.9. The van der Waals surface area contributed by atoms with Gasteiger partial charge in [0.25, 0.3) is 0 Å². The van der Waals surface area contributed by atoms with Crippen LogP contribution in [0.4, 0.5) is 0 Å². The topological polar surface area (TPSA) is 203 Å². The van der Waals surface area contributed by atoms with Crippen LogP contribution in [0.5, 0.6) is 0 Å². The zero-order valence-electron chi connectivity index (χ0n) is 13.7. The van der Waals surface area contributed by atoms with E-state index >= 15 is 0 Å². The monoisotopic (exact) mass is 496 g/mol. The first-order valence-corrected chi connectivity index (χ1v) is 8.10. The number of hydrogen-bond donors (Lipinski definition) is 7. The van der Waals surface area contributed by atoms with Crippen molar-refractivity contribution in [2.45, 2.75) is 30.7 Å². The van der Waals surface area contributed by atoms with E-state index in [0.29, 0.717) is 0 Å². The van der Waals surface area contributed by atoms with Crippen LogP contribution in [0.3, 0.4) is 0 Å². The summed E-state index contributed by atoms with van der Waals surface area (Å²) < 4.78 is 33.9. The van der Waals surface area contributed by atoms with Gasteiger partial charge in [-0.1, -0.05) is 0 Å². The first-order chi connectivity index (χ1) is 8.91. The van der Waals surface area contributed by atoms with Crippen molar-refractivity contribution in [3.8, 4) is 0 Å². The molecule has 18 heteroatoms. The zero-order chi connectivity index (χ0) is 15.7. The smallest absolute Gasteiger partial charge is 0.387 e. The van der Waals surface area contributed by atoms with Gasteiger partial charge in [0.2, 0.25) is 0 Å². The van der Waals surface area contributed by atoms with E-state index in [-0.39, 0.29) is 206 Å². The van der Waals surface area contributed by atoms with E-state index in [0.717, 1.165) is 0 Å². The van der Waals surface area contributed by atoms with Gasteiger partial charge >= 0.3 is 15.6 Å². The van der Waals surface area contributed by atoms with Gasteiger partial charge < -0.3 is 39.6 Å². The molecule has 0 amide bonds. The van der Waals surface area contributed by atoms with Crippen LogP contribution in [0.2, 0.25) is 0 Å². The molecule has 1 heterocycles. The Hall–Kier alpha value is 6.61. The third-order valence-electron chi connectivity index (χ3n) is 2.32. The molecule has 0 aliphatic carbocycles. The molecule has 0 spiro atoms. The second-order valence-corrected chi connectivity index (χ2v) is 6.33. The maximum absolute atomic E-state index is 10.6. The molecule has 7 N–H and O–H groups in total. The van der Waals surface area contributed by atoms with Crippen molar-refractivity contribution >= 4 is 221 Å². The fraction of sp³-hybridized carbons (Fsp3) is 1.00. The van der Waals surface area contributed by atoms with E-state index < -0.39 is 53.0 Å². The number of hydrogen-bond acceptors (Lipinski definition) is 8. The van der Waals surface area contributed by atoms with E-state index in [2.05, 4.69) is 9.05 Å². The van der Waals surface area contributed by atoms with Crippen LogP contribution in [-0.4, -0.2) is 278 Å². The number of aliphatic hydroxyl groups is 3. The molecular formula is C6H14K4O12P2. The van der Waals surface area contributed by atoms with Gasteiger partial charge in [-0.2, -0.15) is 0 Å². The average molecular weight is 497 g/mol. The first-order valence-electron chi connectivity index (χ1n) is 5.04. The van der Waals surface area contributed by atoms with Crippen LogP contribution < -0.4 is 0 Å². The summed E-state index contributed by atoms with van der Waals surface area (Å²) in [5, 5.41) is 28.4. The second-order valence-electron chi connectivity index (χ2n) is 3.90.